The Hall–Kier alpha value is -1.20. The van der Waals surface area contributed by atoms with Crippen molar-refractivity contribution in [2.45, 2.75) is 52.0 Å². The molecule has 4 nitrogen and oxygen atoms in total. The van der Waals surface area contributed by atoms with Crippen LogP contribution in [0.15, 0.2) is 17.7 Å². The van der Waals surface area contributed by atoms with Crippen LogP contribution in [0.1, 0.15) is 50.8 Å². The van der Waals surface area contributed by atoms with Gasteiger partial charge in [-0.3, -0.25) is 10.1 Å². The van der Waals surface area contributed by atoms with Gasteiger partial charge in [0.1, 0.15) is 0 Å². The first-order chi connectivity index (χ1) is 10.1. The predicted molar refractivity (Wildman–Crippen MR) is 88.7 cm³/mol. The third-order valence-corrected chi connectivity index (χ3v) is 4.95. The summed E-state index contributed by atoms with van der Waals surface area (Å²) in [5, 5.41) is 14.5. The fourth-order valence-electron chi connectivity index (χ4n) is 2.81. The smallest absolute Gasteiger partial charge is 0.311 e. The first-order valence-electron chi connectivity index (χ1n) is 7.74. The summed E-state index contributed by atoms with van der Waals surface area (Å²) in [6.45, 7) is 5.18. The van der Waals surface area contributed by atoms with Crippen LogP contribution in [0.4, 0.5) is 5.00 Å². The molecule has 1 aliphatic carbocycles. The summed E-state index contributed by atoms with van der Waals surface area (Å²) < 4.78 is 0. The van der Waals surface area contributed by atoms with Gasteiger partial charge in [0.25, 0.3) is 0 Å². The van der Waals surface area contributed by atoms with Crippen molar-refractivity contribution < 1.29 is 4.92 Å². The van der Waals surface area contributed by atoms with Crippen molar-refractivity contribution in [3.63, 3.8) is 0 Å². The van der Waals surface area contributed by atoms with Crippen molar-refractivity contribution in [2.75, 3.05) is 6.54 Å². The van der Waals surface area contributed by atoms with Crippen molar-refractivity contribution in [3.05, 3.63) is 32.7 Å². The molecule has 0 aliphatic heterocycles. The summed E-state index contributed by atoms with van der Waals surface area (Å²) in [4.78, 5) is 11.5. The van der Waals surface area contributed by atoms with Gasteiger partial charge in [0, 0.05) is 23.5 Å². The maximum absolute atomic E-state index is 10.8. The van der Waals surface area contributed by atoms with Crippen LogP contribution in [0.5, 0.6) is 0 Å². The second-order valence-corrected chi connectivity index (χ2v) is 7.12. The Morgan fingerprint density at radius 3 is 2.71 bits per heavy atom. The van der Waals surface area contributed by atoms with E-state index < -0.39 is 0 Å². The summed E-state index contributed by atoms with van der Waals surface area (Å²) in [7, 11) is 0. The highest BCUT2D eigenvalue weighted by atomic mass is 32.1. The van der Waals surface area contributed by atoms with Crippen LogP contribution in [-0.4, -0.2) is 17.5 Å². The fraction of sp³-hybridized carbons (Fsp3) is 0.625. The van der Waals surface area contributed by atoms with Gasteiger partial charge in [-0.05, 0) is 30.9 Å². The van der Waals surface area contributed by atoms with Gasteiger partial charge in [-0.25, -0.2) is 0 Å². The summed E-state index contributed by atoms with van der Waals surface area (Å²) in [6.07, 6.45) is 8.61. The van der Waals surface area contributed by atoms with Gasteiger partial charge in [0.05, 0.1) is 4.92 Å². The predicted octanol–water partition coefficient (Wildman–Crippen LogP) is 4.62. The van der Waals surface area contributed by atoms with E-state index in [1.807, 2.05) is 6.07 Å². The average Bonchev–Trinajstić information content (AvgIpc) is 2.93. The number of nitrogens with one attached hydrogen (secondary N) is 1. The minimum absolute atomic E-state index is 0.223. The van der Waals surface area contributed by atoms with Crippen LogP contribution >= 0.6 is 11.3 Å². The van der Waals surface area contributed by atoms with E-state index in [9.17, 15) is 10.1 Å². The number of thiophene rings is 1. The highest BCUT2D eigenvalue weighted by Crippen LogP contribution is 2.33. The van der Waals surface area contributed by atoms with Crippen LogP contribution in [-0.2, 0) is 0 Å². The summed E-state index contributed by atoms with van der Waals surface area (Å²) >= 11 is 1.26. The number of hydrogen-bond acceptors (Lipinski definition) is 4. The zero-order valence-corrected chi connectivity index (χ0v) is 13.6. The van der Waals surface area contributed by atoms with Crippen molar-refractivity contribution >= 4 is 22.4 Å². The van der Waals surface area contributed by atoms with Gasteiger partial charge in [-0.15, -0.1) is 0 Å². The molecule has 0 atom stereocenters. The molecule has 0 bridgehead atoms. The summed E-state index contributed by atoms with van der Waals surface area (Å²) in [5.41, 5.74) is 1.40. The zero-order valence-electron chi connectivity index (χ0n) is 12.8. The van der Waals surface area contributed by atoms with E-state index in [0.717, 1.165) is 11.4 Å². The summed E-state index contributed by atoms with van der Waals surface area (Å²) in [5.74, 6) is 0.631. The fourth-order valence-corrected chi connectivity index (χ4v) is 3.61. The normalized spacial score (nSPS) is 17.4. The molecule has 1 heterocycles. The molecule has 0 radical (unpaired) electrons. The Morgan fingerprint density at radius 2 is 2.14 bits per heavy atom. The van der Waals surface area contributed by atoms with Crippen LogP contribution in [0, 0.1) is 16.0 Å². The van der Waals surface area contributed by atoms with Crippen LogP contribution in [0.25, 0.3) is 6.08 Å². The van der Waals surface area contributed by atoms with Gasteiger partial charge in [0.2, 0.25) is 0 Å². The molecule has 0 amide bonds. The first-order valence-corrected chi connectivity index (χ1v) is 8.56. The molecule has 1 fully saturated rings. The van der Waals surface area contributed by atoms with Crippen molar-refractivity contribution in [1.29, 1.82) is 0 Å². The molecule has 1 N–H and O–H groups in total. The van der Waals surface area contributed by atoms with Gasteiger partial charge in [0.15, 0.2) is 0 Å². The Morgan fingerprint density at radius 1 is 1.43 bits per heavy atom. The molecule has 1 aromatic heterocycles. The molecule has 2 rings (SSSR count). The summed E-state index contributed by atoms with van der Waals surface area (Å²) in [6, 6.07) is 3.92. The van der Waals surface area contributed by atoms with Gasteiger partial charge < -0.3 is 5.32 Å². The van der Waals surface area contributed by atoms with Gasteiger partial charge in [-0.2, -0.15) is 0 Å². The number of rotatable bonds is 6. The van der Waals surface area contributed by atoms with E-state index >= 15 is 0 Å². The van der Waals surface area contributed by atoms with E-state index in [-0.39, 0.29) is 9.92 Å². The lowest BCUT2D eigenvalue weighted by Gasteiger charge is -2.25. The number of hydrogen-bond donors (Lipinski definition) is 1. The average molecular weight is 308 g/mol. The number of nitro groups is 1. The van der Waals surface area contributed by atoms with E-state index in [1.165, 1.54) is 49.0 Å². The van der Waals surface area contributed by atoms with E-state index in [4.69, 9.17) is 0 Å². The van der Waals surface area contributed by atoms with E-state index in [2.05, 4.69) is 25.2 Å². The molecule has 116 valence electrons. The van der Waals surface area contributed by atoms with E-state index in [0.29, 0.717) is 12.0 Å². The Bertz CT molecular complexity index is 502. The standard InChI is InChI=1S/C16H24N2O2S/c1-12(2)17-11-14(13-6-4-3-5-7-13)10-15-8-9-16(21-15)18(19)20/h8-10,12-13,17H,3-7,11H2,1-2H3/b14-10-. The Labute approximate surface area is 130 Å². The Balaban J connectivity index is 2.15. The topological polar surface area (TPSA) is 55.2 Å². The highest BCUT2D eigenvalue weighted by molar-refractivity contribution is 7.16. The third-order valence-electron chi connectivity index (χ3n) is 3.96. The zero-order chi connectivity index (χ0) is 15.2. The highest BCUT2D eigenvalue weighted by Gasteiger charge is 2.18. The SMILES string of the molecule is CC(C)NC/C(=C/c1ccc([N+](=O)[O-])s1)C1CCCCC1. The third kappa shape index (κ3) is 4.93. The minimum Gasteiger partial charge on any atom is -0.311 e. The van der Waals surface area contributed by atoms with Crippen molar-refractivity contribution in [1.82, 2.24) is 5.32 Å². The monoisotopic (exact) mass is 308 g/mol. The molecule has 0 saturated heterocycles. The Kier molecular flexibility index (Phi) is 5.94. The van der Waals surface area contributed by atoms with Crippen LogP contribution in [0.3, 0.4) is 0 Å². The molecule has 1 aromatic rings. The van der Waals surface area contributed by atoms with Gasteiger partial charge >= 0.3 is 5.00 Å². The molecular weight excluding hydrogens is 284 g/mol. The molecule has 0 aromatic carbocycles. The molecule has 1 saturated carbocycles. The molecular formula is C16H24N2O2S. The van der Waals surface area contributed by atoms with Crippen LogP contribution in [0.2, 0.25) is 0 Å². The largest absolute Gasteiger partial charge is 0.324 e. The van der Waals surface area contributed by atoms with Crippen molar-refractivity contribution in [3.8, 4) is 0 Å². The second-order valence-electron chi connectivity index (χ2n) is 6.02. The maximum atomic E-state index is 10.8. The lowest BCUT2D eigenvalue weighted by molar-refractivity contribution is -0.380. The second kappa shape index (κ2) is 7.71. The quantitative estimate of drug-likeness (QED) is 0.616. The molecule has 21 heavy (non-hydrogen) atoms. The van der Waals surface area contributed by atoms with Crippen LogP contribution < -0.4 is 5.32 Å². The van der Waals surface area contributed by atoms with Crippen molar-refractivity contribution in [2.24, 2.45) is 5.92 Å². The molecule has 0 unspecified atom stereocenters. The van der Waals surface area contributed by atoms with E-state index in [1.54, 1.807) is 6.07 Å². The minimum atomic E-state index is -0.311. The maximum Gasteiger partial charge on any atom is 0.324 e. The lowest BCUT2D eigenvalue weighted by Crippen LogP contribution is -2.27. The molecule has 5 heteroatoms. The lowest BCUT2D eigenvalue weighted by atomic mass is 9.83. The molecule has 1 aliphatic rings. The molecule has 0 spiro atoms. The van der Waals surface area contributed by atoms with Gasteiger partial charge in [-0.1, -0.05) is 50.0 Å². The number of nitrogens with zero attached hydrogens (tertiary/aromatic N) is 1. The first kappa shape index (κ1) is 16.2.